The van der Waals surface area contributed by atoms with Crippen molar-refractivity contribution in [3.63, 3.8) is 0 Å². The van der Waals surface area contributed by atoms with Crippen LogP contribution in [0, 0.1) is 5.92 Å². The summed E-state index contributed by atoms with van der Waals surface area (Å²) in [4.78, 5) is 0. The standard InChI is InChI=1S/C12H18O.C8H11.2ClH.Ti/c1-8(2)10-6-5-7-11(9(3)4)12(10)13;1-6-4-5-7(2)8(6)3;;;/h5-9,13H,1-4H3;4-5H,1-3H3;2*1H;/q;;;;+3/p-3. The van der Waals surface area contributed by atoms with E-state index in [1.807, 2.05) is 18.2 Å². The van der Waals surface area contributed by atoms with Gasteiger partial charge >= 0.3 is 21.7 Å². The van der Waals surface area contributed by atoms with Crippen LogP contribution < -0.4 is 29.9 Å². The maximum absolute atomic E-state index is 11.9. The van der Waals surface area contributed by atoms with Crippen LogP contribution in [0.4, 0.5) is 0 Å². The van der Waals surface area contributed by atoms with Gasteiger partial charge < -0.3 is 29.9 Å². The van der Waals surface area contributed by atoms with E-state index in [0.29, 0.717) is 11.8 Å². The predicted molar refractivity (Wildman–Crippen MR) is 90.5 cm³/mol. The first-order valence-electron chi connectivity index (χ1n) is 7.75. The van der Waals surface area contributed by atoms with Crippen LogP contribution in [-0.4, -0.2) is 0 Å². The fourth-order valence-electron chi connectivity index (χ4n) is 2.29. The molecule has 2 radical (unpaired) electrons. The van der Waals surface area contributed by atoms with Crippen molar-refractivity contribution in [3.8, 4) is 5.75 Å². The zero-order chi connectivity index (χ0) is 16.2. The van der Waals surface area contributed by atoms with Gasteiger partial charge in [-0.1, -0.05) is 87.2 Å². The normalized spacial score (nSPS) is 13.0. The van der Waals surface area contributed by atoms with Gasteiger partial charge in [0.25, 0.3) is 0 Å². The zero-order valence-corrected chi connectivity index (χ0v) is 18.8. The summed E-state index contributed by atoms with van der Waals surface area (Å²) in [6.45, 7) is 14.7. The number of hydrogen-bond donors (Lipinski definition) is 0. The van der Waals surface area contributed by atoms with Crippen molar-refractivity contribution in [2.75, 3.05) is 0 Å². The molecule has 24 heavy (non-hydrogen) atoms. The largest absolute Gasteiger partial charge is 3.00 e. The van der Waals surface area contributed by atoms with E-state index in [0.717, 1.165) is 11.1 Å². The molecule has 0 atom stereocenters. The van der Waals surface area contributed by atoms with Gasteiger partial charge in [0.15, 0.2) is 0 Å². The van der Waals surface area contributed by atoms with E-state index in [2.05, 4.69) is 60.6 Å². The van der Waals surface area contributed by atoms with Gasteiger partial charge in [-0.2, -0.15) is 0 Å². The van der Waals surface area contributed by atoms with Gasteiger partial charge in [0.2, 0.25) is 0 Å². The van der Waals surface area contributed by atoms with Crippen LogP contribution in [0.25, 0.3) is 0 Å². The zero-order valence-electron chi connectivity index (χ0n) is 15.7. The second-order valence-corrected chi connectivity index (χ2v) is 6.40. The average Bonchev–Trinajstić information content (AvgIpc) is 2.70. The minimum atomic E-state index is 0. The molecule has 1 aromatic rings. The van der Waals surface area contributed by atoms with Crippen LogP contribution in [0.5, 0.6) is 5.75 Å². The molecular formula is C20H28Cl2OTi. The van der Waals surface area contributed by atoms with Crippen LogP contribution >= 0.6 is 0 Å². The molecular weight excluding hydrogens is 375 g/mol. The van der Waals surface area contributed by atoms with E-state index in [1.54, 1.807) is 0 Å². The van der Waals surface area contributed by atoms with Crippen LogP contribution in [0.3, 0.4) is 0 Å². The minimum Gasteiger partial charge on any atom is -1.00 e. The molecule has 1 nitrogen and oxygen atoms in total. The first kappa shape index (κ1) is 28.6. The molecule has 0 saturated carbocycles. The Hall–Kier alpha value is -0.206. The molecule has 1 aliphatic carbocycles. The monoisotopic (exact) mass is 402 g/mol. The third kappa shape index (κ3) is 7.78. The molecule has 1 aliphatic rings. The van der Waals surface area contributed by atoms with Gasteiger partial charge in [0.1, 0.15) is 0 Å². The Bertz CT molecular complexity index is 522. The summed E-state index contributed by atoms with van der Waals surface area (Å²) in [5, 5.41) is 11.9. The summed E-state index contributed by atoms with van der Waals surface area (Å²) in [5.74, 6) is 2.28. The molecule has 132 valence electrons. The number of benzene rings is 1. The van der Waals surface area contributed by atoms with Crippen LogP contribution in [0.15, 0.2) is 41.5 Å². The second kappa shape index (κ2) is 13.1. The fourth-order valence-corrected chi connectivity index (χ4v) is 2.29. The fraction of sp³-hybridized carbons (Fsp3) is 0.450. The van der Waals surface area contributed by atoms with Crippen molar-refractivity contribution >= 4 is 0 Å². The van der Waals surface area contributed by atoms with Crippen molar-refractivity contribution in [2.24, 2.45) is 0 Å². The molecule has 0 aliphatic heterocycles. The molecule has 0 saturated heterocycles. The molecule has 2 rings (SSSR count). The Morgan fingerprint density at radius 1 is 0.792 bits per heavy atom. The van der Waals surface area contributed by atoms with E-state index in [-0.39, 0.29) is 52.3 Å². The average molecular weight is 403 g/mol. The summed E-state index contributed by atoms with van der Waals surface area (Å²) in [6, 6.07) is 5.84. The third-order valence-corrected chi connectivity index (χ3v) is 4.09. The maximum atomic E-state index is 11.9. The molecule has 0 N–H and O–H groups in total. The van der Waals surface area contributed by atoms with E-state index in [9.17, 15) is 5.11 Å². The van der Waals surface area contributed by atoms with E-state index < -0.39 is 0 Å². The molecule has 0 spiro atoms. The number of para-hydroxylation sites is 1. The van der Waals surface area contributed by atoms with Crippen molar-refractivity contribution in [3.05, 3.63) is 58.5 Å². The van der Waals surface area contributed by atoms with E-state index in [1.165, 1.54) is 17.1 Å². The topological polar surface area (TPSA) is 23.1 Å². The molecule has 1 aromatic carbocycles. The number of allylic oxidation sites excluding steroid dienone is 4. The first-order chi connectivity index (χ1) is 9.75. The molecule has 4 heteroatoms. The van der Waals surface area contributed by atoms with E-state index >= 15 is 0 Å². The number of rotatable bonds is 2. The second-order valence-electron chi connectivity index (χ2n) is 6.40. The molecule has 0 unspecified atom stereocenters. The summed E-state index contributed by atoms with van der Waals surface area (Å²) in [6.07, 6.45) is 4.31. The van der Waals surface area contributed by atoms with Crippen molar-refractivity contribution < 1.29 is 51.6 Å². The first-order valence-corrected chi connectivity index (χ1v) is 7.75. The van der Waals surface area contributed by atoms with E-state index in [4.69, 9.17) is 0 Å². The van der Waals surface area contributed by atoms with Gasteiger partial charge in [-0.15, -0.1) is 5.75 Å². The summed E-state index contributed by atoms with van der Waals surface area (Å²) in [5.41, 5.74) is 4.71. The Morgan fingerprint density at radius 2 is 1.21 bits per heavy atom. The Balaban J connectivity index is -0.000000353. The van der Waals surface area contributed by atoms with Gasteiger partial charge in [-0.25, -0.2) is 0 Å². The minimum absolute atomic E-state index is 0. The summed E-state index contributed by atoms with van der Waals surface area (Å²) < 4.78 is 0. The van der Waals surface area contributed by atoms with Crippen LogP contribution in [0.1, 0.15) is 71.4 Å². The summed E-state index contributed by atoms with van der Waals surface area (Å²) >= 11 is 0. The number of halogens is 2. The molecule has 0 bridgehead atoms. The molecule has 0 amide bonds. The number of hydrogen-bond acceptors (Lipinski definition) is 1. The molecule has 0 aromatic heterocycles. The van der Waals surface area contributed by atoms with Gasteiger partial charge in [0.05, 0.1) is 0 Å². The quantitative estimate of drug-likeness (QED) is 0.611. The summed E-state index contributed by atoms with van der Waals surface area (Å²) in [7, 11) is 0. The van der Waals surface area contributed by atoms with Gasteiger partial charge in [0, 0.05) is 5.92 Å². The Morgan fingerprint density at radius 3 is 1.42 bits per heavy atom. The van der Waals surface area contributed by atoms with Crippen molar-refractivity contribution in [1.82, 2.24) is 0 Å². The van der Waals surface area contributed by atoms with Crippen molar-refractivity contribution in [2.45, 2.75) is 60.3 Å². The van der Waals surface area contributed by atoms with Gasteiger partial charge in [-0.05, 0) is 25.7 Å². The van der Waals surface area contributed by atoms with Crippen molar-refractivity contribution in [1.29, 1.82) is 0 Å². The molecule has 0 heterocycles. The Kier molecular flexibility index (Phi) is 15.6. The van der Waals surface area contributed by atoms with Crippen LogP contribution in [-0.2, 0) is 21.7 Å². The Labute approximate surface area is 175 Å². The van der Waals surface area contributed by atoms with Crippen LogP contribution in [0.2, 0.25) is 0 Å². The maximum Gasteiger partial charge on any atom is 3.00 e. The predicted octanol–water partition coefficient (Wildman–Crippen LogP) is -0.501. The van der Waals surface area contributed by atoms with Gasteiger partial charge in [-0.3, -0.25) is 0 Å². The smallest absolute Gasteiger partial charge is 1.00 e. The third-order valence-electron chi connectivity index (χ3n) is 4.09. The SMILES string of the molecule is CC(C)c1cccc(C(C)C)c1[O-].C[C]1C=CC(C)=C1C.[Cl-].[Cl-].[Ti+3]. The molecule has 0 fully saturated rings.